The van der Waals surface area contributed by atoms with Crippen LogP contribution in [0.1, 0.15) is 26.7 Å². The van der Waals surface area contributed by atoms with Crippen LogP contribution < -0.4 is 5.32 Å². The molecule has 0 unspecified atom stereocenters. The molecule has 0 radical (unpaired) electrons. The zero-order chi connectivity index (χ0) is 11.3. The Balaban J connectivity index is 2.38. The average Bonchev–Trinajstić information content (AvgIpc) is 2.27. The summed E-state index contributed by atoms with van der Waals surface area (Å²) in [5.74, 6) is 0.586. The van der Waals surface area contributed by atoms with Crippen molar-refractivity contribution in [3.8, 4) is 0 Å². The van der Waals surface area contributed by atoms with Crippen LogP contribution >= 0.6 is 11.6 Å². The second-order valence-electron chi connectivity index (χ2n) is 4.79. The molecule has 1 saturated heterocycles. The van der Waals surface area contributed by atoms with Crippen LogP contribution in [0.25, 0.3) is 0 Å². The lowest BCUT2D eigenvalue weighted by Gasteiger charge is -2.37. The van der Waals surface area contributed by atoms with E-state index in [0.717, 1.165) is 26.1 Å². The van der Waals surface area contributed by atoms with E-state index in [4.69, 9.17) is 16.3 Å². The Labute approximate surface area is 96.5 Å². The van der Waals surface area contributed by atoms with Gasteiger partial charge in [0.25, 0.3) is 0 Å². The lowest BCUT2D eigenvalue weighted by atomic mass is 9.74. The monoisotopic (exact) mass is 233 g/mol. The van der Waals surface area contributed by atoms with Crippen LogP contribution in [0.4, 0.5) is 0 Å². The summed E-state index contributed by atoms with van der Waals surface area (Å²) in [5.41, 5.74) is 0.130. The Bertz CT molecular complexity index is 213. The van der Waals surface area contributed by atoms with Gasteiger partial charge in [0.15, 0.2) is 0 Å². The smallest absolute Gasteiger partial charge is 0.234 e. The van der Waals surface area contributed by atoms with Gasteiger partial charge in [-0.25, -0.2) is 0 Å². The van der Waals surface area contributed by atoms with Gasteiger partial charge >= 0.3 is 0 Å². The number of carbonyl (C=O) groups is 1. The first-order chi connectivity index (χ1) is 7.06. The maximum atomic E-state index is 11.1. The largest absolute Gasteiger partial charge is 0.381 e. The molecule has 0 saturated carbocycles. The van der Waals surface area contributed by atoms with Gasteiger partial charge in [-0.2, -0.15) is 0 Å². The highest BCUT2D eigenvalue weighted by atomic mass is 35.5. The summed E-state index contributed by atoms with van der Waals surface area (Å²) >= 11 is 5.43. The third-order valence-electron chi connectivity index (χ3n) is 3.19. The highest BCUT2D eigenvalue weighted by molar-refractivity contribution is 6.27. The summed E-state index contributed by atoms with van der Waals surface area (Å²) < 4.78 is 5.33. The third kappa shape index (κ3) is 3.99. The van der Waals surface area contributed by atoms with Gasteiger partial charge in [0.1, 0.15) is 5.88 Å². The lowest BCUT2D eigenvalue weighted by Crippen LogP contribution is -2.41. The van der Waals surface area contributed by atoms with E-state index in [1.807, 2.05) is 0 Å². The van der Waals surface area contributed by atoms with Gasteiger partial charge in [-0.1, -0.05) is 13.8 Å². The summed E-state index contributed by atoms with van der Waals surface area (Å²) in [6.45, 7) is 6.77. The quantitative estimate of drug-likeness (QED) is 0.752. The molecule has 1 N–H and O–H groups in total. The fourth-order valence-electron chi connectivity index (χ4n) is 2.00. The standard InChI is InChI=1S/C11H20ClNO2/c1-11(2,8-13-10(14)7-12)9-3-5-15-6-4-9/h9H,3-8H2,1-2H3,(H,13,14). The van der Waals surface area contributed by atoms with E-state index in [1.54, 1.807) is 0 Å². The Kier molecular flexibility index (Phi) is 4.87. The fourth-order valence-corrected chi connectivity index (χ4v) is 2.09. The molecule has 0 atom stereocenters. The van der Waals surface area contributed by atoms with Crippen molar-refractivity contribution in [2.75, 3.05) is 25.6 Å². The van der Waals surface area contributed by atoms with Gasteiger partial charge in [0.05, 0.1) is 0 Å². The van der Waals surface area contributed by atoms with Gasteiger partial charge in [0, 0.05) is 19.8 Å². The fraction of sp³-hybridized carbons (Fsp3) is 0.909. The minimum Gasteiger partial charge on any atom is -0.381 e. The summed E-state index contributed by atoms with van der Waals surface area (Å²) in [6, 6.07) is 0. The van der Waals surface area contributed by atoms with Crippen LogP contribution in [0.2, 0.25) is 0 Å². The Morgan fingerprint density at radius 2 is 2.07 bits per heavy atom. The molecule has 1 fully saturated rings. The second kappa shape index (κ2) is 5.71. The first-order valence-electron chi connectivity index (χ1n) is 5.46. The van der Waals surface area contributed by atoms with Crippen molar-refractivity contribution in [1.82, 2.24) is 5.32 Å². The minimum absolute atomic E-state index is 0.0455. The maximum absolute atomic E-state index is 11.1. The molecular weight excluding hydrogens is 214 g/mol. The molecule has 0 aliphatic carbocycles. The normalized spacial score (nSPS) is 18.9. The van der Waals surface area contributed by atoms with Crippen LogP contribution in [-0.2, 0) is 9.53 Å². The summed E-state index contributed by atoms with van der Waals surface area (Å²) in [7, 11) is 0. The molecule has 0 aromatic carbocycles. The molecule has 4 heteroatoms. The van der Waals surface area contributed by atoms with Crippen LogP contribution in [0.3, 0.4) is 0 Å². The minimum atomic E-state index is -0.0863. The number of halogens is 1. The van der Waals surface area contributed by atoms with Crippen molar-refractivity contribution in [3.05, 3.63) is 0 Å². The molecule has 0 spiro atoms. The summed E-state index contributed by atoms with van der Waals surface area (Å²) in [5, 5.41) is 2.86. The van der Waals surface area contributed by atoms with Crippen LogP contribution in [-0.4, -0.2) is 31.5 Å². The number of rotatable bonds is 4. The van der Waals surface area contributed by atoms with Crippen LogP contribution in [0.15, 0.2) is 0 Å². The van der Waals surface area contributed by atoms with Crippen molar-refractivity contribution in [2.45, 2.75) is 26.7 Å². The lowest BCUT2D eigenvalue weighted by molar-refractivity contribution is -0.119. The van der Waals surface area contributed by atoms with Crippen molar-refractivity contribution >= 4 is 17.5 Å². The highest BCUT2D eigenvalue weighted by Crippen LogP contribution is 2.33. The van der Waals surface area contributed by atoms with E-state index >= 15 is 0 Å². The van der Waals surface area contributed by atoms with E-state index in [9.17, 15) is 4.79 Å². The molecule has 1 rings (SSSR count). The first kappa shape index (κ1) is 12.8. The second-order valence-corrected chi connectivity index (χ2v) is 5.05. The van der Waals surface area contributed by atoms with E-state index < -0.39 is 0 Å². The molecule has 0 bridgehead atoms. The Morgan fingerprint density at radius 1 is 1.47 bits per heavy atom. The van der Waals surface area contributed by atoms with E-state index in [1.165, 1.54) is 0 Å². The van der Waals surface area contributed by atoms with Gasteiger partial charge in [-0.05, 0) is 24.2 Å². The highest BCUT2D eigenvalue weighted by Gasteiger charge is 2.31. The molecule has 1 aliphatic heterocycles. The van der Waals surface area contributed by atoms with E-state index in [-0.39, 0.29) is 17.2 Å². The number of ether oxygens (including phenoxy) is 1. The zero-order valence-electron chi connectivity index (χ0n) is 9.51. The predicted octanol–water partition coefficient (Wildman–Crippen LogP) is 1.79. The molecule has 1 amide bonds. The van der Waals surface area contributed by atoms with Gasteiger partial charge in [0.2, 0.25) is 5.91 Å². The number of amides is 1. The predicted molar refractivity (Wildman–Crippen MR) is 61.1 cm³/mol. The third-order valence-corrected chi connectivity index (χ3v) is 3.43. The van der Waals surface area contributed by atoms with Gasteiger partial charge < -0.3 is 10.1 Å². The Morgan fingerprint density at radius 3 is 2.60 bits per heavy atom. The average molecular weight is 234 g/mol. The number of alkyl halides is 1. The van der Waals surface area contributed by atoms with Crippen molar-refractivity contribution in [1.29, 1.82) is 0 Å². The molecule has 15 heavy (non-hydrogen) atoms. The zero-order valence-corrected chi connectivity index (χ0v) is 10.3. The van der Waals surface area contributed by atoms with Crippen molar-refractivity contribution in [2.24, 2.45) is 11.3 Å². The first-order valence-corrected chi connectivity index (χ1v) is 6.00. The van der Waals surface area contributed by atoms with Gasteiger partial charge in [-0.3, -0.25) is 4.79 Å². The van der Waals surface area contributed by atoms with Crippen LogP contribution in [0, 0.1) is 11.3 Å². The number of hydrogen-bond acceptors (Lipinski definition) is 2. The number of carbonyl (C=O) groups excluding carboxylic acids is 1. The number of nitrogens with one attached hydrogen (secondary N) is 1. The SMILES string of the molecule is CC(C)(CNC(=O)CCl)C1CCOCC1. The van der Waals surface area contributed by atoms with Gasteiger partial charge in [-0.15, -0.1) is 11.6 Å². The molecule has 0 aromatic heterocycles. The number of hydrogen-bond donors (Lipinski definition) is 1. The van der Waals surface area contributed by atoms with Crippen molar-refractivity contribution in [3.63, 3.8) is 0 Å². The molecular formula is C11H20ClNO2. The molecule has 1 aliphatic rings. The van der Waals surface area contributed by atoms with Crippen LogP contribution in [0.5, 0.6) is 0 Å². The van der Waals surface area contributed by atoms with E-state index in [0.29, 0.717) is 12.5 Å². The Hall–Kier alpha value is -0.280. The maximum Gasteiger partial charge on any atom is 0.234 e. The topological polar surface area (TPSA) is 38.3 Å². The van der Waals surface area contributed by atoms with E-state index in [2.05, 4.69) is 19.2 Å². The summed E-state index contributed by atoms with van der Waals surface area (Å²) in [4.78, 5) is 11.1. The molecule has 3 nitrogen and oxygen atoms in total. The molecule has 88 valence electrons. The molecule has 1 heterocycles. The van der Waals surface area contributed by atoms with Crippen molar-refractivity contribution < 1.29 is 9.53 Å². The summed E-state index contributed by atoms with van der Waals surface area (Å²) in [6.07, 6.45) is 2.17. The molecule has 0 aromatic rings.